The van der Waals surface area contributed by atoms with Crippen LogP contribution >= 0.6 is 0 Å². The standard InChI is InChI=1S/C21H24FN3O/c1-24(16-17-8-10-19(22)11-9-17)14-15-26-21(18-6-4-3-5-7-18)20-12-13-23-25(20)2/h3-13,21H,14-16H2,1-2H3/t21-/m1/s1. The average molecular weight is 353 g/mol. The van der Waals surface area contributed by atoms with Crippen molar-refractivity contribution >= 4 is 0 Å². The Balaban J connectivity index is 1.59. The van der Waals surface area contributed by atoms with Crippen molar-refractivity contribution in [2.45, 2.75) is 12.6 Å². The van der Waals surface area contributed by atoms with Gasteiger partial charge in [0.2, 0.25) is 0 Å². The molecule has 0 N–H and O–H groups in total. The molecule has 0 amide bonds. The molecule has 1 atom stereocenters. The second-order valence-electron chi connectivity index (χ2n) is 6.41. The Kier molecular flexibility index (Phi) is 6.15. The summed E-state index contributed by atoms with van der Waals surface area (Å²) in [5, 5.41) is 4.26. The predicted molar refractivity (Wildman–Crippen MR) is 100 cm³/mol. The van der Waals surface area contributed by atoms with E-state index in [0.29, 0.717) is 6.61 Å². The number of benzene rings is 2. The summed E-state index contributed by atoms with van der Waals surface area (Å²) >= 11 is 0. The minimum Gasteiger partial charge on any atom is -0.366 e. The lowest BCUT2D eigenvalue weighted by Gasteiger charge is -2.22. The smallest absolute Gasteiger partial charge is 0.124 e. The van der Waals surface area contributed by atoms with Gasteiger partial charge in [-0.3, -0.25) is 9.58 Å². The molecular weight excluding hydrogens is 329 g/mol. The van der Waals surface area contributed by atoms with Crippen LogP contribution < -0.4 is 0 Å². The molecule has 1 aromatic heterocycles. The van der Waals surface area contributed by atoms with Gasteiger partial charge in [-0.2, -0.15) is 5.10 Å². The van der Waals surface area contributed by atoms with Gasteiger partial charge in [0.05, 0.1) is 12.3 Å². The van der Waals surface area contributed by atoms with E-state index in [1.165, 1.54) is 12.1 Å². The maximum Gasteiger partial charge on any atom is 0.124 e. The highest BCUT2D eigenvalue weighted by Crippen LogP contribution is 2.25. The zero-order valence-corrected chi connectivity index (χ0v) is 15.2. The van der Waals surface area contributed by atoms with Gasteiger partial charge in [0, 0.05) is 26.3 Å². The molecule has 0 aliphatic carbocycles. The molecule has 0 radical (unpaired) electrons. The monoisotopic (exact) mass is 353 g/mol. The maximum atomic E-state index is 13.0. The van der Waals surface area contributed by atoms with Gasteiger partial charge < -0.3 is 4.74 Å². The minimum absolute atomic E-state index is 0.150. The summed E-state index contributed by atoms with van der Waals surface area (Å²) < 4.78 is 21.1. The highest BCUT2D eigenvalue weighted by molar-refractivity contribution is 5.25. The number of aromatic nitrogens is 2. The van der Waals surface area contributed by atoms with Crippen LogP contribution in [0, 0.1) is 5.82 Å². The molecule has 3 aromatic rings. The Hall–Kier alpha value is -2.50. The lowest BCUT2D eigenvalue weighted by atomic mass is 10.1. The van der Waals surface area contributed by atoms with E-state index in [-0.39, 0.29) is 11.9 Å². The van der Waals surface area contributed by atoms with Crippen LogP contribution in [-0.4, -0.2) is 34.9 Å². The van der Waals surface area contributed by atoms with Gasteiger partial charge in [-0.1, -0.05) is 42.5 Å². The second-order valence-corrected chi connectivity index (χ2v) is 6.41. The van der Waals surface area contributed by atoms with Crippen molar-refractivity contribution < 1.29 is 9.13 Å². The van der Waals surface area contributed by atoms with E-state index in [1.807, 2.05) is 55.2 Å². The third-order valence-electron chi connectivity index (χ3n) is 4.35. The van der Waals surface area contributed by atoms with E-state index < -0.39 is 0 Å². The van der Waals surface area contributed by atoms with Crippen LogP contribution in [0.1, 0.15) is 22.9 Å². The summed E-state index contributed by atoms with van der Waals surface area (Å²) in [6.45, 7) is 2.12. The quantitative estimate of drug-likeness (QED) is 0.617. The van der Waals surface area contributed by atoms with E-state index in [9.17, 15) is 4.39 Å². The largest absolute Gasteiger partial charge is 0.366 e. The van der Waals surface area contributed by atoms with E-state index in [2.05, 4.69) is 22.1 Å². The molecule has 3 rings (SSSR count). The van der Waals surface area contributed by atoms with Crippen LogP contribution in [-0.2, 0) is 18.3 Å². The Morgan fingerprint density at radius 1 is 1.08 bits per heavy atom. The van der Waals surface area contributed by atoms with Gasteiger partial charge >= 0.3 is 0 Å². The van der Waals surface area contributed by atoms with Crippen LogP contribution in [0.25, 0.3) is 0 Å². The number of likely N-dealkylation sites (N-methyl/N-ethyl adjacent to an activating group) is 1. The summed E-state index contributed by atoms with van der Waals surface area (Å²) in [6.07, 6.45) is 1.64. The first-order chi connectivity index (χ1) is 12.6. The molecule has 5 heteroatoms. The molecule has 136 valence electrons. The van der Waals surface area contributed by atoms with Gasteiger partial charge in [-0.05, 0) is 36.4 Å². The number of aryl methyl sites for hydroxylation is 1. The first kappa shape index (κ1) is 18.3. The lowest BCUT2D eigenvalue weighted by Crippen LogP contribution is -2.24. The molecule has 0 fully saturated rings. The molecule has 0 bridgehead atoms. The fraction of sp³-hybridized carbons (Fsp3) is 0.286. The summed E-state index contributed by atoms with van der Waals surface area (Å²) in [6, 6.07) is 18.8. The molecule has 0 unspecified atom stereocenters. The molecule has 0 saturated heterocycles. The number of halogens is 1. The van der Waals surface area contributed by atoms with Gasteiger partial charge in [0.25, 0.3) is 0 Å². The van der Waals surface area contributed by atoms with Crippen LogP contribution in [0.4, 0.5) is 4.39 Å². The van der Waals surface area contributed by atoms with Crippen molar-refractivity contribution in [3.8, 4) is 0 Å². The number of ether oxygens (including phenoxy) is 1. The van der Waals surface area contributed by atoms with Crippen molar-refractivity contribution in [1.82, 2.24) is 14.7 Å². The second kappa shape index (κ2) is 8.74. The third kappa shape index (κ3) is 4.77. The highest BCUT2D eigenvalue weighted by Gasteiger charge is 2.18. The van der Waals surface area contributed by atoms with Crippen LogP contribution in [0.5, 0.6) is 0 Å². The van der Waals surface area contributed by atoms with Gasteiger partial charge in [0.15, 0.2) is 0 Å². The molecule has 0 aliphatic rings. The Morgan fingerprint density at radius 2 is 1.81 bits per heavy atom. The zero-order valence-electron chi connectivity index (χ0n) is 15.2. The van der Waals surface area contributed by atoms with Crippen molar-refractivity contribution in [3.63, 3.8) is 0 Å². The lowest BCUT2D eigenvalue weighted by molar-refractivity contribution is 0.0589. The van der Waals surface area contributed by atoms with Gasteiger partial charge in [0.1, 0.15) is 11.9 Å². The van der Waals surface area contributed by atoms with Crippen LogP contribution in [0.3, 0.4) is 0 Å². The molecule has 0 aliphatic heterocycles. The summed E-state index contributed by atoms with van der Waals surface area (Å²) in [4.78, 5) is 2.17. The summed E-state index contributed by atoms with van der Waals surface area (Å²) in [7, 11) is 3.96. The molecule has 2 aromatic carbocycles. The van der Waals surface area contributed by atoms with E-state index in [1.54, 1.807) is 6.20 Å². The summed E-state index contributed by atoms with van der Waals surface area (Å²) in [5.41, 5.74) is 3.22. The Bertz CT molecular complexity index is 802. The molecule has 0 saturated carbocycles. The number of hydrogen-bond donors (Lipinski definition) is 0. The minimum atomic E-state index is -0.207. The van der Waals surface area contributed by atoms with Crippen molar-refractivity contribution in [2.24, 2.45) is 7.05 Å². The van der Waals surface area contributed by atoms with Crippen molar-refractivity contribution in [3.05, 3.63) is 89.5 Å². The topological polar surface area (TPSA) is 30.3 Å². The summed E-state index contributed by atoms with van der Waals surface area (Å²) in [5.74, 6) is -0.207. The number of nitrogens with zero attached hydrogens (tertiary/aromatic N) is 3. The van der Waals surface area contributed by atoms with Gasteiger partial charge in [-0.15, -0.1) is 0 Å². The van der Waals surface area contributed by atoms with E-state index in [4.69, 9.17) is 4.74 Å². The van der Waals surface area contributed by atoms with E-state index in [0.717, 1.165) is 29.9 Å². The first-order valence-electron chi connectivity index (χ1n) is 8.71. The number of hydrogen-bond acceptors (Lipinski definition) is 3. The van der Waals surface area contributed by atoms with Crippen molar-refractivity contribution in [1.29, 1.82) is 0 Å². The van der Waals surface area contributed by atoms with Gasteiger partial charge in [-0.25, -0.2) is 4.39 Å². The fourth-order valence-corrected chi connectivity index (χ4v) is 2.93. The molecule has 26 heavy (non-hydrogen) atoms. The average Bonchev–Trinajstić information content (AvgIpc) is 3.07. The number of rotatable bonds is 8. The third-order valence-corrected chi connectivity index (χ3v) is 4.35. The normalized spacial score (nSPS) is 12.5. The van der Waals surface area contributed by atoms with Crippen LogP contribution in [0.15, 0.2) is 66.9 Å². The van der Waals surface area contributed by atoms with Crippen molar-refractivity contribution in [2.75, 3.05) is 20.2 Å². The molecular formula is C21H24FN3O. The SMILES string of the molecule is CN(CCO[C@H](c1ccccc1)c1ccnn1C)Cc1ccc(F)cc1. The van der Waals surface area contributed by atoms with E-state index >= 15 is 0 Å². The Morgan fingerprint density at radius 3 is 2.46 bits per heavy atom. The van der Waals surface area contributed by atoms with Crippen LogP contribution in [0.2, 0.25) is 0 Å². The molecule has 0 spiro atoms. The predicted octanol–water partition coefficient (Wildman–Crippen LogP) is 3.80. The fourth-order valence-electron chi connectivity index (χ4n) is 2.93. The molecule has 1 heterocycles. The first-order valence-corrected chi connectivity index (χ1v) is 8.71. The molecule has 4 nitrogen and oxygen atoms in total. The zero-order chi connectivity index (χ0) is 18.4. The highest BCUT2D eigenvalue weighted by atomic mass is 19.1. The maximum absolute atomic E-state index is 13.0. The Labute approximate surface area is 153 Å².